The number of nitro benzene ring substituents is 1. The van der Waals surface area contributed by atoms with E-state index in [1.165, 1.54) is 30.5 Å². The molecule has 152 valence electrons. The van der Waals surface area contributed by atoms with Gasteiger partial charge in [-0.15, -0.1) is 0 Å². The zero-order chi connectivity index (χ0) is 21.3. The van der Waals surface area contributed by atoms with Gasteiger partial charge in [0, 0.05) is 12.1 Å². The van der Waals surface area contributed by atoms with Gasteiger partial charge in [0.05, 0.1) is 17.6 Å². The fourth-order valence-corrected chi connectivity index (χ4v) is 2.58. The molecule has 0 aliphatic rings. The van der Waals surface area contributed by atoms with Crippen LogP contribution in [0.2, 0.25) is 0 Å². The highest BCUT2D eigenvalue weighted by molar-refractivity contribution is 5.83. The molecule has 0 fully saturated rings. The molecular weight excluding hydrogens is 389 g/mol. The lowest BCUT2D eigenvalue weighted by Crippen LogP contribution is -2.19. The first-order valence-electron chi connectivity index (χ1n) is 9.02. The lowest BCUT2D eigenvalue weighted by atomic mass is 10.1. The second-order valence-electron chi connectivity index (χ2n) is 6.38. The summed E-state index contributed by atoms with van der Waals surface area (Å²) in [7, 11) is 0. The number of amides is 1. The number of hydrogen-bond acceptors (Lipinski definition) is 5. The summed E-state index contributed by atoms with van der Waals surface area (Å²) in [6.45, 7) is 0.203. The Kier molecular flexibility index (Phi) is 6.83. The molecule has 0 unspecified atom stereocenters. The number of nitrogens with zero attached hydrogens (tertiary/aromatic N) is 2. The van der Waals surface area contributed by atoms with Crippen LogP contribution < -0.4 is 10.2 Å². The van der Waals surface area contributed by atoms with Gasteiger partial charge in [-0.3, -0.25) is 14.9 Å². The zero-order valence-electron chi connectivity index (χ0n) is 15.8. The van der Waals surface area contributed by atoms with Crippen molar-refractivity contribution >= 4 is 17.8 Å². The minimum atomic E-state index is -0.448. The van der Waals surface area contributed by atoms with Gasteiger partial charge in [0.1, 0.15) is 18.2 Å². The minimum Gasteiger partial charge on any atom is -0.489 e. The average molecular weight is 407 g/mol. The van der Waals surface area contributed by atoms with E-state index in [1.807, 2.05) is 0 Å². The second-order valence-corrected chi connectivity index (χ2v) is 6.38. The summed E-state index contributed by atoms with van der Waals surface area (Å²) in [5.41, 5.74) is 4.57. The van der Waals surface area contributed by atoms with Crippen molar-refractivity contribution in [3.05, 3.63) is 105 Å². The van der Waals surface area contributed by atoms with Gasteiger partial charge in [-0.25, -0.2) is 9.82 Å². The van der Waals surface area contributed by atoms with Crippen molar-refractivity contribution in [1.29, 1.82) is 0 Å². The summed E-state index contributed by atoms with van der Waals surface area (Å²) >= 11 is 0. The van der Waals surface area contributed by atoms with E-state index in [4.69, 9.17) is 4.74 Å². The van der Waals surface area contributed by atoms with E-state index < -0.39 is 4.92 Å². The van der Waals surface area contributed by atoms with Crippen LogP contribution in [0.4, 0.5) is 10.1 Å². The van der Waals surface area contributed by atoms with Crippen LogP contribution >= 0.6 is 0 Å². The van der Waals surface area contributed by atoms with Gasteiger partial charge in [0.2, 0.25) is 5.91 Å². The van der Waals surface area contributed by atoms with Gasteiger partial charge in [-0.2, -0.15) is 5.10 Å². The van der Waals surface area contributed by atoms with Crippen LogP contribution in [0, 0.1) is 15.9 Å². The molecule has 0 aromatic heterocycles. The average Bonchev–Trinajstić information content (AvgIpc) is 2.75. The summed E-state index contributed by atoms with van der Waals surface area (Å²) in [6.07, 6.45) is 1.59. The summed E-state index contributed by atoms with van der Waals surface area (Å²) in [6, 6.07) is 18.9. The Morgan fingerprint density at radius 1 is 1.07 bits per heavy atom. The molecular formula is C22H18FN3O4. The number of nitrogens with one attached hydrogen (secondary N) is 1. The topological polar surface area (TPSA) is 93.8 Å². The molecule has 3 aromatic carbocycles. The number of non-ortho nitro benzene ring substituents is 1. The number of carbonyl (C=O) groups is 1. The van der Waals surface area contributed by atoms with Crippen molar-refractivity contribution in [2.75, 3.05) is 0 Å². The molecule has 30 heavy (non-hydrogen) atoms. The van der Waals surface area contributed by atoms with Crippen molar-refractivity contribution in [2.45, 2.75) is 13.0 Å². The number of halogens is 1. The second kappa shape index (κ2) is 9.92. The first-order valence-corrected chi connectivity index (χ1v) is 9.02. The zero-order valence-corrected chi connectivity index (χ0v) is 15.8. The van der Waals surface area contributed by atoms with E-state index >= 15 is 0 Å². The SMILES string of the molecule is O=C(Cc1ccc(F)cc1)N/N=C/c1ccc(OCc2cccc([N+](=O)[O-])c2)cc1. The third kappa shape index (κ3) is 6.23. The maximum absolute atomic E-state index is 12.9. The van der Waals surface area contributed by atoms with Crippen molar-refractivity contribution in [2.24, 2.45) is 5.10 Å². The lowest BCUT2D eigenvalue weighted by molar-refractivity contribution is -0.384. The molecule has 0 bridgehead atoms. The molecule has 0 heterocycles. The molecule has 0 aliphatic heterocycles. The monoisotopic (exact) mass is 407 g/mol. The first kappa shape index (κ1) is 20.7. The number of rotatable bonds is 8. The minimum absolute atomic E-state index is 0.0177. The van der Waals surface area contributed by atoms with Gasteiger partial charge >= 0.3 is 0 Å². The molecule has 0 spiro atoms. The van der Waals surface area contributed by atoms with Crippen molar-refractivity contribution in [3.8, 4) is 5.75 Å². The summed E-state index contributed by atoms with van der Waals surface area (Å²) in [4.78, 5) is 22.2. The van der Waals surface area contributed by atoms with Crippen molar-refractivity contribution < 1.29 is 18.8 Å². The Labute approximate surface area is 172 Å². The van der Waals surface area contributed by atoms with Gasteiger partial charge in [-0.1, -0.05) is 24.3 Å². The normalized spacial score (nSPS) is 10.7. The first-order chi connectivity index (χ1) is 14.5. The smallest absolute Gasteiger partial charge is 0.269 e. The van der Waals surface area contributed by atoms with E-state index in [-0.39, 0.29) is 30.4 Å². The van der Waals surface area contributed by atoms with Crippen LogP contribution in [0.1, 0.15) is 16.7 Å². The highest BCUT2D eigenvalue weighted by Gasteiger charge is 2.06. The fraction of sp³-hybridized carbons (Fsp3) is 0.0909. The van der Waals surface area contributed by atoms with Crippen LogP contribution in [0.3, 0.4) is 0 Å². The Morgan fingerprint density at radius 3 is 2.50 bits per heavy atom. The number of hydrogen-bond donors (Lipinski definition) is 1. The van der Waals surface area contributed by atoms with Gasteiger partial charge in [0.25, 0.3) is 5.69 Å². The van der Waals surface area contributed by atoms with Crippen LogP contribution in [-0.2, 0) is 17.8 Å². The van der Waals surface area contributed by atoms with Crippen molar-refractivity contribution in [1.82, 2.24) is 5.43 Å². The molecule has 0 saturated carbocycles. The molecule has 1 amide bonds. The third-order valence-corrected chi connectivity index (χ3v) is 4.09. The molecule has 3 rings (SSSR count). The molecule has 7 nitrogen and oxygen atoms in total. The van der Waals surface area contributed by atoms with E-state index in [9.17, 15) is 19.3 Å². The Hall–Kier alpha value is -4.07. The third-order valence-electron chi connectivity index (χ3n) is 4.09. The summed E-state index contributed by atoms with van der Waals surface area (Å²) < 4.78 is 18.5. The van der Waals surface area contributed by atoms with Gasteiger partial charge in [-0.05, 0) is 53.1 Å². The Morgan fingerprint density at radius 2 is 1.80 bits per heavy atom. The highest BCUT2D eigenvalue weighted by atomic mass is 19.1. The van der Waals surface area contributed by atoms with E-state index in [0.717, 1.165) is 5.56 Å². The van der Waals surface area contributed by atoms with E-state index in [2.05, 4.69) is 10.5 Å². The number of hydrazone groups is 1. The quantitative estimate of drug-likeness (QED) is 0.347. The molecule has 0 aliphatic carbocycles. The maximum Gasteiger partial charge on any atom is 0.269 e. The fourth-order valence-electron chi connectivity index (χ4n) is 2.58. The molecule has 1 N–H and O–H groups in total. The van der Waals surface area contributed by atoms with Gasteiger partial charge < -0.3 is 4.74 Å². The molecule has 0 radical (unpaired) electrons. The number of carbonyl (C=O) groups excluding carboxylic acids is 1. The van der Waals surface area contributed by atoms with E-state index in [1.54, 1.807) is 48.5 Å². The summed E-state index contributed by atoms with van der Waals surface area (Å²) in [5.74, 6) is -0.0662. The Bertz CT molecular complexity index is 1050. The lowest BCUT2D eigenvalue weighted by Gasteiger charge is -2.06. The van der Waals surface area contributed by atoms with E-state index in [0.29, 0.717) is 16.9 Å². The van der Waals surface area contributed by atoms with Crippen LogP contribution in [0.5, 0.6) is 5.75 Å². The Balaban J connectivity index is 1.48. The van der Waals surface area contributed by atoms with Crippen molar-refractivity contribution in [3.63, 3.8) is 0 Å². The predicted molar refractivity (Wildman–Crippen MR) is 110 cm³/mol. The maximum atomic E-state index is 12.9. The van der Waals surface area contributed by atoms with Crippen LogP contribution in [0.15, 0.2) is 77.9 Å². The number of benzene rings is 3. The highest BCUT2D eigenvalue weighted by Crippen LogP contribution is 2.17. The predicted octanol–water partition coefficient (Wildman–Crippen LogP) is 4.01. The molecule has 3 aromatic rings. The largest absolute Gasteiger partial charge is 0.489 e. The number of ether oxygens (including phenoxy) is 1. The standard InChI is InChI=1S/C22H18FN3O4/c23-19-8-4-16(5-9-19)13-22(27)25-24-14-17-6-10-21(11-7-17)30-15-18-2-1-3-20(12-18)26(28)29/h1-12,14H,13,15H2,(H,25,27)/b24-14+. The summed E-state index contributed by atoms with van der Waals surface area (Å²) in [5, 5.41) is 14.7. The molecule has 0 atom stereocenters. The molecule has 8 heteroatoms. The van der Waals surface area contributed by atoms with Crippen LogP contribution in [-0.4, -0.2) is 17.0 Å². The van der Waals surface area contributed by atoms with Gasteiger partial charge in [0.15, 0.2) is 0 Å². The molecule has 0 saturated heterocycles. The van der Waals surface area contributed by atoms with Crippen LogP contribution in [0.25, 0.3) is 0 Å². The number of nitro groups is 1.